The van der Waals surface area contributed by atoms with Crippen LogP contribution in [0.2, 0.25) is 0 Å². The highest BCUT2D eigenvalue weighted by Crippen LogP contribution is 2.39. The molecular weight excluding hydrogens is 382 g/mol. The van der Waals surface area contributed by atoms with Gasteiger partial charge in [0.25, 0.3) is 0 Å². The van der Waals surface area contributed by atoms with Gasteiger partial charge in [-0.05, 0) is 60.4 Å². The van der Waals surface area contributed by atoms with E-state index in [4.69, 9.17) is 9.47 Å². The Balaban J connectivity index is 1.37. The molecule has 2 aromatic carbocycles. The van der Waals surface area contributed by atoms with Crippen molar-refractivity contribution in [2.45, 2.75) is 37.9 Å². The van der Waals surface area contributed by atoms with Gasteiger partial charge >= 0.3 is 0 Å². The molecule has 0 aromatic heterocycles. The zero-order chi connectivity index (χ0) is 21.1. The first-order valence-corrected chi connectivity index (χ1v) is 10.7. The number of rotatable bonds is 5. The van der Waals surface area contributed by atoms with Gasteiger partial charge in [0.05, 0.1) is 13.2 Å². The SMILES string of the molecule is C=Cc1c(F)cc(-c2ccc(C3CCC(C4OCC(C=C)CO4)CC3)cc2)cc1F. The summed E-state index contributed by atoms with van der Waals surface area (Å²) in [5, 5.41) is 0. The third kappa shape index (κ3) is 4.40. The fourth-order valence-corrected chi connectivity index (χ4v) is 4.56. The third-order valence-electron chi connectivity index (χ3n) is 6.44. The van der Waals surface area contributed by atoms with Gasteiger partial charge in [-0.15, -0.1) is 6.58 Å². The Morgan fingerprint density at radius 2 is 1.43 bits per heavy atom. The largest absolute Gasteiger partial charge is 0.352 e. The lowest BCUT2D eigenvalue weighted by Gasteiger charge is -2.37. The molecule has 0 bridgehead atoms. The van der Waals surface area contributed by atoms with Gasteiger partial charge in [0, 0.05) is 17.4 Å². The first kappa shape index (κ1) is 21.0. The van der Waals surface area contributed by atoms with E-state index in [-0.39, 0.29) is 11.9 Å². The Bertz CT molecular complexity index is 867. The highest BCUT2D eigenvalue weighted by Gasteiger charge is 2.32. The normalized spacial score (nSPS) is 26.9. The average molecular weight is 411 g/mol. The smallest absolute Gasteiger partial charge is 0.160 e. The van der Waals surface area contributed by atoms with Crippen LogP contribution in [0, 0.1) is 23.5 Å². The van der Waals surface area contributed by atoms with Crippen molar-refractivity contribution in [1.82, 2.24) is 0 Å². The van der Waals surface area contributed by atoms with Crippen LogP contribution in [0.5, 0.6) is 0 Å². The molecule has 4 rings (SSSR count). The number of ether oxygens (including phenoxy) is 2. The highest BCUT2D eigenvalue weighted by atomic mass is 19.1. The molecule has 2 aromatic rings. The number of benzene rings is 2. The summed E-state index contributed by atoms with van der Waals surface area (Å²) in [6.07, 6.45) is 7.35. The fourth-order valence-electron chi connectivity index (χ4n) is 4.56. The molecular formula is C26H28F2O2. The Morgan fingerprint density at radius 3 is 1.97 bits per heavy atom. The van der Waals surface area contributed by atoms with Crippen molar-refractivity contribution < 1.29 is 18.3 Å². The zero-order valence-corrected chi connectivity index (χ0v) is 17.2. The lowest BCUT2D eigenvalue weighted by Crippen LogP contribution is -2.37. The summed E-state index contributed by atoms with van der Waals surface area (Å²) in [6.45, 7) is 8.66. The van der Waals surface area contributed by atoms with Gasteiger partial charge < -0.3 is 9.47 Å². The van der Waals surface area contributed by atoms with Crippen molar-refractivity contribution in [3.05, 3.63) is 78.4 Å². The van der Waals surface area contributed by atoms with Crippen LogP contribution < -0.4 is 0 Å². The monoisotopic (exact) mass is 410 g/mol. The van der Waals surface area contributed by atoms with E-state index in [0.717, 1.165) is 31.2 Å². The quantitative estimate of drug-likeness (QED) is 0.509. The molecule has 4 heteroatoms. The average Bonchev–Trinajstić information content (AvgIpc) is 2.79. The molecule has 1 saturated heterocycles. The Labute approximate surface area is 177 Å². The van der Waals surface area contributed by atoms with Crippen LogP contribution in [0.4, 0.5) is 8.78 Å². The van der Waals surface area contributed by atoms with Crippen molar-refractivity contribution in [3.8, 4) is 11.1 Å². The molecule has 0 amide bonds. The molecule has 1 saturated carbocycles. The summed E-state index contributed by atoms with van der Waals surface area (Å²) in [7, 11) is 0. The van der Waals surface area contributed by atoms with Crippen molar-refractivity contribution in [2.24, 2.45) is 11.8 Å². The summed E-state index contributed by atoms with van der Waals surface area (Å²) < 4.78 is 39.9. The minimum Gasteiger partial charge on any atom is -0.352 e. The first-order valence-electron chi connectivity index (χ1n) is 10.7. The molecule has 1 aliphatic carbocycles. The standard InChI is InChI=1S/C26H28F2O2/c1-3-17-15-29-26(30-16-17)21-11-9-19(10-12-21)18-5-7-20(8-6-18)22-13-24(27)23(4-2)25(28)14-22/h3-8,13-14,17,19,21,26H,1-2,9-12,15-16H2. The Hall–Kier alpha value is -2.30. The molecule has 2 nitrogen and oxygen atoms in total. The molecule has 2 aliphatic rings. The van der Waals surface area contributed by atoms with Gasteiger partial charge in [-0.2, -0.15) is 0 Å². The summed E-state index contributed by atoms with van der Waals surface area (Å²) in [4.78, 5) is 0. The van der Waals surface area contributed by atoms with E-state index in [1.165, 1.54) is 23.8 Å². The minimum atomic E-state index is -0.589. The predicted molar refractivity (Wildman–Crippen MR) is 116 cm³/mol. The van der Waals surface area contributed by atoms with Crippen LogP contribution in [0.15, 0.2) is 55.6 Å². The second-order valence-corrected chi connectivity index (χ2v) is 8.32. The molecule has 1 heterocycles. The summed E-state index contributed by atoms with van der Waals surface area (Å²) in [5.41, 5.74) is 2.54. The van der Waals surface area contributed by atoms with Crippen LogP contribution >= 0.6 is 0 Å². The summed E-state index contributed by atoms with van der Waals surface area (Å²) in [5.74, 6) is 0.0611. The van der Waals surface area contributed by atoms with E-state index in [2.05, 4.69) is 25.3 Å². The van der Waals surface area contributed by atoms with E-state index in [0.29, 0.717) is 36.5 Å². The van der Waals surface area contributed by atoms with Crippen LogP contribution in [0.1, 0.15) is 42.7 Å². The second kappa shape index (κ2) is 9.23. The van der Waals surface area contributed by atoms with Crippen LogP contribution in [-0.2, 0) is 9.47 Å². The Kier molecular flexibility index (Phi) is 6.45. The van der Waals surface area contributed by atoms with Gasteiger partial charge in [-0.25, -0.2) is 8.78 Å². The maximum absolute atomic E-state index is 14.1. The van der Waals surface area contributed by atoms with Crippen LogP contribution in [-0.4, -0.2) is 19.5 Å². The molecule has 158 valence electrons. The van der Waals surface area contributed by atoms with Crippen molar-refractivity contribution in [2.75, 3.05) is 13.2 Å². The third-order valence-corrected chi connectivity index (χ3v) is 6.44. The predicted octanol–water partition coefficient (Wildman–Crippen LogP) is 6.72. The van der Waals surface area contributed by atoms with Gasteiger partial charge in [0.15, 0.2) is 6.29 Å². The van der Waals surface area contributed by atoms with Crippen LogP contribution in [0.25, 0.3) is 17.2 Å². The topological polar surface area (TPSA) is 18.5 Å². The number of hydrogen-bond acceptors (Lipinski definition) is 2. The molecule has 30 heavy (non-hydrogen) atoms. The van der Waals surface area contributed by atoms with Gasteiger partial charge in [0.1, 0.15) is 11.6 Å². The molecule has 0 unspecified atom stereocenters. The van der Waals surface area contributed by atoms with Crippen molar-refractivity contribution in [1.29, 1.82) is 0 Å². The highest BCUT2D eigenvalue weighted by molar-refractivity contribution is 5.66. The molecule has 0 radical (unpaired) electrons. The molecule has 2 fully saturated rings. The molecule has 0 N–H and O–H groups in total. The molecule has 0 spiro atoms. The molecule has 0 atom stereocenters. The lowest BCUT2D eigenvalue weighted by atomic mass is 9.78. The van der Waals surface area contributed by atoms with Gasteiger partial charge in [-0.3, -0.25) is 0 Å². The second-order valence-electron chi connectivity index (χ2n) is 8.32. The van der Waals surface area contributed by atoms with E-state index in [9.17, 15) is 8.78 Å². The number of halogens is 2. The summed E-state index contributed by atoms with van der Waals surface area (Å²) >= 11 is 0. The zero-order valence-electron chi connectivity index (χ0n) is 17.2. The van der Waals surface area contributed by atoms with E-state index < -0.39 is 11.6 Å². The van der Waals surface area contributed by atoms with E-state index >= 15 is 0 Å². The van der Waals surface area contributed by atoms with Gasteiger partial charge in [0.2, 0.25) is 0 Å². The van der Waals surface area contributed by atoms with Crippen molar-refractivity contribution >= 4 is 6.08 Å². The maximum Gasteiger partial charge on any atom is 0.160 e. The van der Waals surface area contributed by atoms with Gasteiger partial charge in [-0.1, -0.05) is 43.0 Å². The van der Waals surface area contributed by atoms with E-state index in [1.54, 1.807) is 0 Å². The first-order chi connectivity index (χ1) is 14.6. The van der Waals surface area contributed by atoms with Crippen LogP contribution in [0.3, 0.4) is 0 Å². The summed E-state index contributed by atoms with van der Waals surface area (Å²) in [6, 6.07) is 10.8. The fraction of sp³-hybridized carbons (Fsp3) is 0.385. The lowest BCUT2D eigenvalue weighted by molar-refractivity contribution is -0.222. The van der Waals surface area contributed by atoms with E-state index in [1.807, 2.05) is 18.2 Å². The van der Waals surface area contributed by atoms with Crippen molar-refractivity contribution in [3.63, 3.8) is 0 Å². The number of hydrogen-bond donors (Lipinski definition) is 0. The molecule has 1 aliphatic heterocycles. The minimum absolute atomic E-state index is 0.0851. The Morgan fingerprint density at radius 1 is 0.833 bits per heavy atom. The maximum atomic E-state index is 14.1.